The number of allylic oxidation sites excluding steroid dienone is 16. The SMILES string of the molecule is CC/C=C\C/C=C\C/C=C\C/C=C\C/C=C\CCCCOCC(CO)OC(=O)CCCCCCC/C=C\C/C=C\C/C=C\CC. The molecule has 4 heteroatoms. The molecule has 0 rings (SSSR count). The first-order valence-corrected chi connectivity index (χ1v) is 17.8. The van der Waals surface area contributed by atoms with Gasteiger partial charge in [0.25, 0.3) is 0 Å². The van der Waals surface area contributed by atoms with Crippen LogP contribution in [0.1, 0.15) is 129 Å². The second kappa shape index (κ2) is 37.5. The predicted octanol–water partition coefficient (Wildman–Crippen LogP) is 11.4. The molecule has 0 saturated heterocycles. The highest BCUT2D eigenvalue weighted by molar-refractivity contribution is 5.69. The normalized spacial score (nSPS) is 13.6. The summed E-state index contributed by atoms with van der Waals surface area (Å²) < 4.78 is 11.0. The molecule has 4 nitrogen and oxygen atoms in total. The first kappa shape index (κ1) is 42.3. The standard InChI is InChI=1S/C41H66O4/c1-3-5-7-9-11-13-15-17-19-20-21-23-25-27-29-31-33-35-37-44-39-40(38-42)45-41(43)36-34-32-30-28-26-24-22-18-16-14-12-10-8-6-4-2/h5-8,11-14,17-19,21-23,27,29,40,42H,3-4,9-10,15-16,20,24-26,28,30-39H2,1-2H3/b7-5-,8-6-,13-11-,14-12-,19-17-,22-18-,23-21-,29-27-. The van der Waals surface area contributed by atoms with Crippen molar-refractivity contribution in [3.63, 3.8) is 0 Å². The van der Waals surface area contributed by atoms with Gasteiger partial charge in [0.05, 0.1) is 13.2 Å². The molecule has 0 aliphatic rings. The maximum absolute atomic E-state index is 12.1. The van der Waals surface area contributed by atoms with Gasteiger partial charge in [-0.3, -0.25) is 4.79 Å². The topological polar surface area (TPSA) is 55.8 Å². The minimum atomic E-state index is -0.571. The van der Waals surface area contributed by atoms with E-state index in [1.807, 2.05) is 0 Å². The number of ether oxygens (including phenoxy) is 2. The molecule has 0 saturated carbocycles. The largest absolute Gasteiger partial charge is 0.457 e. The van der Waals surface area contributed by atoms with Gasteiger partial charge in [-0.2, -0.15) is 0 Å². The number of carbonyl (C=O) groups is 1. The fourth-order valence-corrected chi connectivity index (χ4v) is 4.31. The Kier molecular flexibility index (Phi) is 35.3. The van der Waals surface area contributed by atoms with Gasteiger partial charge in [0.1, 0.15) is 6.10 Å². The Balaban J connectivity index is 3.62. The zero-order valence-electron chi connectivity index (χ0n) is 28.8. The lowest BCUT2D eigenvalue weighted by molar-refractivity contribution is -0.154. The van der Waals surface area contributed by atoms with Gasteiger partial charge in [-0.1, -0.05) is 130 Å². The van der Waals surface area contributed by atoms with E-state index in [0.717, 1.165) is 96.3 Å². The van der Waals surface area contributed by atoms with E-state index in [0.29, 0.717) is 13.0 Å². The molecule has 0 fully saturated rings. The van der Waals surface area contributed by atoms with Crippen molar-refractivity contribution in [2.24, 2.45) is 0 Å². The molecular formula is C41H66O4. The number of aliphatic hydroxyl groups excluding tert-OH is 1. The highest BCUT2D eigenvalue weighted by Gasteiger charge is 2.13. The van der Waals surface area contributed by atoms with Gasteiger partial charge in [0.2, 0.25) is 0 Å². The molecule has 0 bridgehead atoms. The number of aliphatic hydroxyl groups is 1. The van der Waals surface area contributed by atoms with Crippen LogP contribution in [-0.2, 0) is 14.3 Å². The molecule has 0 aromatic heterocycles. The van der Waals surface area contributed by atoms with Crippen LogP contribution in [0.5, 0.6) is 0 Å². The fraction of sp³-hybridized carbons (Fsp3) is 0.585. The van der Waals surface area contributed by atoms with Gasteiger partial charge in [0, 0.05) is 13.0 Å². The number of hydrogen-bond donors (Lipinski definition) is 1. The van der Waals surface area contributed by atoms with E-state index >= 15 is 0 Å². The third-order valence-corrected chi connectivity index (χ3v) is 6.90. The molecule has 1 atom stereocenters. The van der Waals surface area contributed by atoms with Crippen LogP contribution >= 0.6 is 0 Å². The Hall–Kier alpha value is -2.69. The van der Waals surface area contributed by atoms with E-state index in [4.69, 9.17) is 9.47 Å². The molecule has 0 aromatic carbocycles. The Bertz CT molecular complexity index is 872. The van der Waals surface area contributed by atoms with Gasteiger partial charge < -0.3 is 14.6 Å². The van der Waals surface area contributed by atoms with E-state index in [1.54, 1.807) is 0 Å². The molecule has 0 spiro atoms. The molecule has 0 aliphatic heterocycles. The van der Waals surface area contributed by atoms with Crippen LogP contribution in [0.15, 0.2) is 97.2 Å². The van der Waals surface area contributed by atoms with Crippen molar-refractivity contribution in [2.45, 2.75) is 136 Å². The maximum atomic E-state index is 12.1. The lowest BCUT2D eigenvalue weighted by Crippen LogP contribution is -2.27. The molecule has 0 heterocycles. The third kappa shape index (κ3) is 35.7. The summed E-state index contributed by atoms with van der Waals surface area (Å²) in [5.41, 5.74) is 0. The second-order valence-electron chi connectivity index (χ2n) is 11.2. The highest BCUT2D eigenvalue weighted by Crippen LogP contribution is 2.10. The molecule has 0 aliphatic carbocycles. The van der Waals surface area contributed by atoms with Gasteiger partial charge in [0.15, 0.2) is 0 Å². The van der Waals surface area contributed by atoms with Crippen molar-refractivity contribution in [3.8, 4) is 0 Å². The zero-order valence-corrected chi connectivity index (χ0v) is 28.8. The summed E-state index contributed by atoms with van der Waals surface area (Å²) in [5, 5.41) is 9.55. The minimum Gasteiger partial charge on any atom is -0.457 e. The Morgan fingerprint density at radius 2 is 0.933 bits per heavy atom. The second-order valence-corrected chi connectivity index (χ2v) is 11.2. The summed E-state index contributed by atoms with van der Waals surface area (Å²) >= 11 is 0. The zero-order chi connectivity index (χ0) is 32.7. The smallest absolute Gasteiger partial charge is 0.306 e. The molecule has 0 aromatic rings. The van der Waals surface area contributed by atoms with Crippen molar-refractivity contribution < 1.29 is 19.4 Å². The first-order chi connectivity index (χ1) is 22.2. The monoisotopic (exact) mass is 622 g/mol. The average Bonchev–Trinajstić information content (AvgIpc) is 3.05. The predicted molar refractivity (Wildman–Crippen MR) is 195 cm³/mol. The van der Waals surface area contributed by atoms with Crippen LogP contribution in [0, 0.1) is 0 Å². The lowest BCUT2D eigenvalue weighted by Gasteiger charge is -2.15. The van der Waals surface area contributed by atoms with Crippen LogP contribution in [-0.4, -0.2) is 37.0 Å². The Morgan fingerprint density at radius 1 is 0.533 bits per heavy atom. The summed E-state index contributed by atoms with van der Waals surface area (Å²) in [4.78, 5) is 12.1. The van der Waals surface area contributed by atoms with Gasteiger partial charge in [-0.25, -0.2) is 0 Å². The number of hydrogen-bond acceptors (Lipinski definition) is 4. The van der Waals surface area contributed by atoms with Crippen molar-refractivity contribution in [1.29, 1.82) is 0 Å². The number of carbonyl (C=O) groups excluding carboxylic acids is 1. The molecule has 1 N–H and O–H groups in total. The first-order valence-electron chi connectivity index (χ1n) is 17.8. The summed E-state index contributed by atoms with van der Waals surface area (Å²) in [6.45, 7) is 4.97. The van der Waals surface area contributed by atoms with Crippen LogP contribution in [0.3, 0.4) is 0 Å². The third-order valence-electron chi connectivity index (χ3n) is 6.90. The van der Waals surface area contributed by atoms with Crippen LogP contribution in [0.4, 0.5) is 0 Å². The summed E-state index contributed by atoms with van der Waals surface area (Å²) in [5.74, 6) is -0.239. The fourth-order valence-electron chi connectivity index (χ4n) is 4.31. The molecule has 254 valence electrons. The van der Waals surface area contributed by atoms with Crippen molar-refractivity contribution in [3.05, 3.63) is 97.2 Å². The van der Waals surface area contributed by atoms with E-state index in [9.17, 15) is 9.90 Å². The number of esters is 1. The summed E-state index contributed by atoms with van der Waals surface area (Å²) in [6, 6.07) is 0. The lowest BCUT2D eigenvalue weighted by atomic mass is 10.1. The van der Waals surface area contributed by atoms with Crippen molar-refractivity contribution >= 4 is 5.97 Å². The highest BCUT2D eigenvalue weighted by atomic mass is 16.6. The van der Waals surface area contributed by atoms with E-state index < -0.39 is 6.10 Å². The molecule has 0 radical (unpaired) electrons. The van der Waals surface area contributed by atoms with Gasteiger partial charge in [-0.15, -0.1) is 0 Å². The van der Waals surface area contributed by atoms with Crippen LogP contribution in [0.25, 0.3) is 0 Å². The molecule has 45 heavy (non-hydrogen) atoms. The van der Waals surface area contributed by atoms with Crippen molar-refractivity contribution in [1.82, 2.24) is 0 Å². The molecular weight excluding hydrogens is 556 g/mol. The Morgan fingerprint density at radius 3 is 1.40 bits per heavy atom. The quantitative estimate of drug-likeness (QED) is 0.0475. The minimum absolute atomic E-state index is 0.203. The van der Waals surface area contributed by atoms with Gasteiger partial charge >= 0.3 is 5.97 Å². The van der Waals surface area contributed by atoms with E-state index in [-0.39, 0.29) is 19.2 Å². The molecule has 0 amide bonds. The van der Waals surface area contributed by atoms with E-state index in [1.165, 1.54) is 12.8 Å². The summed E-state index contributed by atoms with van der Waals surface area (Å²) in [7, 11) is 0. The number of rotatable bonds is 31. The molecule has 1 unspecified atom stereocenters. The Labute approximate surface area is 277 Å². The van der Waals surface area contributed by atoms with Gasteiger partial charge in [-0.05, 0) is 89.9 Å². The van der Waals surface area contributed by atoms with Crippen LogP contribution < -0.4 is 0 Å². The van der Waals surface area contributed by atoms with Crippen LogP contribution in [0.2, 0.25) is 0 Å². The van der Waals surface area contributed by atoms with E-state index in [2.05, 4.69) is 111 Å². The summed E-state index contributed by atoms with van der Waals surface area (Å²) in [6.07, 6.45) is 53.0. The van der Waals surface area contributed by atoms with Crippen molar-refractivity contribution in [2.75, 3.05) is 19.8 Å². The maximum Gasteiger partial charge on any atom is 0.306 e. The average molecular weight is 623 g/mol. The number of unbranched alkanes of at least 4 members (excludes halogenated alkanes) is 7.